The van der Waals surface area contributed by atoms with Crippen molar-refractivity contribution in [2.45, 2.75) is 20.0 Å². The molecule has 1 aromatic rings. The molecule has 1 amide bonds. The minimum absolute atomic E-state index is 0. The number of halogens is 1. The number of anilines is 1. The Kier molecular flexibility index (Phi) is 7.39. The Labute approximate surface area is 114 Å². The molecule has 0 saturated heterocycles. The number of benzene rings is 1. The number of rotatable bonds is 5. The second kappa shape index (κ2) is 7.95. The lowest BCUT2D eigenvalue weighted by Gasteiger charge is -2.19. The number of hydrogen-bond acceptors (Lipinski definition) is 3. The third-order valence-corrected chi connectivity index (χ3v) is 2.72. The van der Waals surface area contributed by atoms with Gasteiger partial charge in [0, 0.05) is 19.3 Å². The Balaban J connectivity index is 0.00000289. The van der Waals surface area contributed by atoms with Gasteiger partial charge in [0.2, 0.25) is 0 Å². The zero-order valence-corrected chi connectivity index (χ0v) is 11.8. The fraction of sp³-hybridized carbons (Fsp3) is 0.462. The highest BCUT2D eigenvalue weighted by molar-refractivity contribution is 5.99. The van der Waals surface area contributed by atoms with Gasteiger partial charge in [-0.3, -0.25) is 4.79 Å². The second-order valence-corrected chi connectivity index (χ2v) is 4.32. The summed E-state index contributed by atoms with van der Waals surface area (Å²) in [5.74, 6) is 0.194. The first-order chi connectivity index (χ1) is 8.06. The molecular formula is C13H21ClN2O2. The number of hydrogen-bond donors (Lipinski definition) is 2. The van der Waals surface area contributed by atoms with Crippen molar-refractivity contribution in [1.29, 1.82) is 0 Å². The average Bonchev–Trinajstić information content (AvgIpc) is 2.29. The van der Waals surface area contributed by atoms with Crippen molar-refractivity contribution in [3.8, 4) is 0 Å². The number of nitrogens with one attached hydrogen (secondary N) is 1. The molecule has 1 atom stereocenters. The van der Waals surface area contributed by atoms with Crippen LogP contribution in [0.2, 0.25) is 0 Å². The molecule has 0 bridgehead atoms. The first kappa shape index (κ1) is 16.7. The van der Waals surface area contributed by atoms with E-state index in [1.807, 2.05) is 0 Å². The van der Waals surface area contributed by atoms with Crippen LogP contribution in [0.5, 0.6) is 0 Å². The lowest BCUT2D eigenvalue weighted by molar-refractivity contribution is 0.0605. The number of para-hydroxylation sites is 1. The van der Waals surface area contributed by atoms with Crippen LogP contribution < -0.4 is 11.1 Å². The number of carbonyl (C=O) groups excluding carboxylic acids is 1. The average molecular weight is 273 g/mol. The van der Waals surface area contributed by atoms with E-state index in [0.29, 0.717) is 23.7 Å². The molecule has 1 aromatic carbocycles. The molecule has 0 aliphatic rings. The largest absolute Gasteiger partial charge is 0.398 e. The Morgan fingerprint density at radius 1 is 1.39 bits per heavy atom. The number of nitrogen functional groups attached to an aromatic ring is 1. The summed E-state index contributed by atoms with van der Waals surface area (Å²) < 4.78 is 5.28. The van der Waals surface area contributed by atoms with Crippen LogP contribution in [0.4, 0.5) is 5.69 Å². The minimum Gasteiger partial charge on any atom is -0.398 e. The lowest BCUT2D eigenvalue weighted by Crippen LogP contribution is -2.36. The van der Waals surface area contributed by atoms with E-state index in [-0.39, 0.29) is 24.4 Å². The smallest absolute Gasteiger partial charge is 0.253 e. The number of nitrogens with two attached hydrogens (primary N) is 1. The van der Waals surface area contributed by atoms with Gasteiger partial charge in [0.25, 0.3) is 5.91 Å². The van der Waals surface area contributed by atoms with Crippen LogP contribution in [0.15, 0.2) is 24.3 Å². The van der Waals surface area contributed by atoms with E-state index in [9.17, 15) is 4.79 Å². The molecule has 5 heteroatoms. The molecule has 18 heavy (non-hydrogen) atoms. The summed E-state index contributed by atoms with van der Waals surface area (Å²) in [6, 6.07) is 7.02. The molecule has 0 aliphatic heterocycles. The van der Waals surface area contributed by atoms with Gasteiger partial charge in [0.1, 0.15) is 0 Å². The Hall–Kier alpha value is -1.26. The van der Waals surface area contributed by atoms with Gasteiger partial charge in [-0.2, -0.15) is 0 Å². The summed E-state index contributed by atoms with van der Waals surface area (Å²) in [6.07, 6.45) is 0.0175. The molecule has 0 heterocycles. The Morgan fingerprint density at radius 2 is 2.00 bits per heavy atom. The third-order valence-electron chi connectivity index (χ3n) is 2.72. The number of amides is 1. The highest BCUT2D eigenvalue weighted by atomic mass is 35.5. The van der Waals surface area contributed by atoms with Crippen molar-refractivity contribution in [2.24, 2.45) is 5.92 Å². The fourth-order valence-corrected chi connectivity index (χ4v) is 1.58. The molecular weight excluding hydrogens is 252 g/mol. The molecule has 0 radical (unpaired) electrons. The normalized spacial score (nSPS) is 11.8. The fourth-order valence-electron chi connectivity index (χ4n) is 1.58. The second-order valence-electron chi connectivity index (χ2n) is 4.32. The van der Waals surface area contributed by atoms with Crippen LogP contribution in [0.1, 0.15) is 24.2 Å². The topological polar surface area (TPSA) is 64.3 Å². The molecule has 1 unspecified atom stereocenters. The van der Waals surface area contributed by atoms with Gasteiger partial charge in [-0.1, -0.05) is 26.0 Å². The highest BCUT2D eigenvalue weighted by Crippen LogP contribution is 2.10. The SMILES string of the molecule is COC(CNC(=O)c1ccccc1N)C(C)C.Cl. The summed E-state index contributed by atoms with van der Waals surface area (Å²) in [7, 11) is 1.65. The first-order valence-electron chi connectivity index (χ1n) is 5.71. The molecule has 0 saturated carbocycles. The summed E-state index contributed by atoms with van der Waals surface area (Å²) >= 11 is 0. The van der Waals surface area contributed by atoms with E-state index < -0.39 is 0 Å². The number of carbonyl (C=O) groups is 1. The van der Waals surface area contributed by atoms with Crippen molar-refractivity contribution in [3.63, 3.8) is 0 Å². The van der Waals surface area contributed by atoms with Gasteiger partial charge in [-0.05, 0) is 18.1 Å². The van der Waals surface area contributed by atoms with E-state index in [2.05, 4.69) is 19.2 Å². The van der Waals surface area contributed by atoms with Crippen LogP contribution in [0, 0.1) is 5.92 Å². The van der Waals surface area contributed by atoms with Gasteiger partial charge in [0.05, 0.1) is 11.7 Å². The van der Waals surface area contributed by atoms with E-state index in [1.54, 1.807) is 31.4 Å². The maximum atomic E-state index is 11.9. The van der Waals surface area contributed by atoms with Crippen LogP contribution in [-0.4, -0.2) is 25.7 Å². The van der Waals surface area contributed by atoms with Gasteiger partial charge < -0.3 is 15.8 Å². The highest BCUT2D eigenvalue weighted by Gasteiger charge is 2.15. The van der Waals surface area contributed by atoms with Gasteiger partial charge >= 0.3 is 0 Å². The molecule has 3 N–H and O–H groups in total. The summed E-state index contributed by atoms with van der Waals surface area (Å²) in [4.78, 5) is 11.9. The monoisotopic (exact) mass is 272 g/mol. The zero-order valence-electron chi connectivity index (χ0n) is 11.0. The Bertz CT molecular complexity index is 383. The molecule has 0 spiro atoms. The van der Waals surface area contributed by atoms with Crippen LogP contribution in [0.25, 0.3) is 0 Å². The summed E-state index contributed by atoms with van der Waals surface area (Å²) in [5.41, 5.74) is 6.72. The maximum absolute atomic E-state index is 11.9. The zero-order chi connectivity index (χ0) is 12.8. The predicted molar refractivity (Wildman–Crippen MR) is 76.1 cm³/mol. The predicted octanol–water partition coefficient (Wildman–Crippen LogP) is 2.09. The van der Waals surface area contributed by atoms with E-state index in [1.165, 1.54) is 0 Å². The first-order valence-corrected chi connectivity index (χ1v) is 5.71. The minimum atomic E-state index is -0.161. The molecule has 102 valence electrons. The molecule has 0 aromatic heterocycles. The molecule has 4 nitrogen and oxygen atoms in total. The van der Waals surface area contributed by atoms with Gasteiger partial charge in [0.15, 0.2) is 0 Å². The molecule has 0 fully saturated rings. The van der Waals surface area contributed by atoms with E-state index in [0.717, 1.165) is 0 Å². The van der Waals surface area contributed by atoms with Gasteiger partial charge in [-0.15, -0.1) is 12.4 Å². The third kappa shape index (κ3) is 4.55. The molecule has 0 aliphatic carbocycles. The van der Waals surface area contributed by atoms with E-state index in [4.69, 9.17) is 10.5 Å². The lowest BCUT2D eigenvalue weighted by atomic mass is 10.1. The Morgan fingerprint density at radius 3 is 2.50 bits per heavy atom. The van der Waals surface area contributed by atoms with Crippen molar-refractivity contribution < 1.29 is 9.53 Å². The summed E-state index contributed by atoms with van der Waals surface area (Å²) in [5, 5.41) is 2.83. The quantitative estimate of drug-likeness (QED) is 0.807. The maximum Gasteiger partial charge on any atom is 0.253 e. The van der Waals surface area contributed by atoms with Crippen molar-refractivity contribution in [1.82, 2.24) is 5.32 Å². The standard InChI is InChI=1S/C13H20N2O2.ClH/c1-9(2)12(17-3)8-15-13(16)10-6-4-5-7-11(10)14;/h4-7,9,12H,8,14H2,1-3H3,(H,15,16);1H. The van der Waals surface area contributed by atoms with Crippen LogP contribution in [0.3, 0.4) is 0 Å². The number of ether oxygens (including phenoxy) is 1. The van der Waals surface area contributed by atoms with Crippen LogP contribution in [-0.2, 0) is 4.74 Å². The van der Waals surface area contributed by atoms with Crippen LogP contribution >= 0.6 is 12.4 Å². The van der Waals surface area contributed by atoms with Crippen molar-refractivity contribution >= 4 is 24.0 Å². The van der Waals surface area contributed by atoms with Gasteiger partial charge in [-0.25, -0.2) is 0 Å². The van der Waals surface area contributed by atoms with Crippen molar-refractivity contribution in [2.75, 3.05) is 19.4 Å². The van der Waals surface area contributed by atoms with E-state index >= 15 is 0 Å². The number of methoxy groups -OCH3 is 1. The molecule has 1 rings (SSSR count). The van der Waals surface area contributed by atoms with Crippen molar-refractivity contribution in [3.05, 3.63) is 29.8 Å². The summed E-state index contributed by atoms with van der Waals surface area (Å²) in [6.45, 7) is 4.59.